The van der Waals surface area contributed by atoms with Gasteiger partial charge < -0.3 is 5.32 Å². The Morgan fingerprint density at radius 1 is 0.900 bits per heavy atom. The summed E-state index contributed by atoms with van der Waals surface area (Å²) in [6.07, 6.45) is 14.6. The number of piperidine rings is 1. The molecule has 116 valence electrons. The summed E-state index contributed by atoms with van der Waals surface area (Å²) in [5.41, 5.74) is 0. The van der Waals surface area contributed by atoms with Crippen molar-refractivity contribution >= 4 is 0 Å². The number of nitrogens with zero attached hydrogens (tertiary/aromatic N) is 1. The molecule has 1 N–H and O–H groups in total. The Bertz CT molecular complexity index is 279. The third kappa shape index (κ3) is 3.98. The van der Waals surface area contributed by atoms with E-state index in [1.807, 2.05) is 0 Å². The molecular weight excluding hydrogens is 244 g/mol. The zero-order valence-corrected chi connectivity index (χ0v) is 13.4. The van der Waals surface area contributed by atoms with Gasteiger partial charge in [0, 0.05) is 25.2 Å². The lowest BCUT2D eigenvalue weighted by Gasteiger charge is -2.41. The van der Waals surface area contributed by atoms with E-state index < -0.39 is 0 Å². The van der Waals surface area contributed by atoms with Crippen LogP contribution in [0.15, 0.2) is 0 Å². The summed E-state index contributed by atoms with van der Waals surface area (Å²) < 4.78 is 0. The van der Waals surface area contributed by atoms with E-state index in [2.05, 4.69) is 17.1 Å². The molecule has 2 nitrogen and oxygen atoms in total. The van der Waals surface area contributed by atoms with Crippen LogP contribution in [0.25, 0.3) is 0 Å². The summed E-state index contributed by atoms with van der Waals surface area (Å²) in [5.74, 6) is 1.86. The first-order chi connectivity index (χ1) is 9.81. The van der Waals surface area contributed by atoms with E-state index >= 15 is 0 Å². The molecule has 3 aliphatic rings. The molecule has 1 heterocycles. The van der Waals surface area contributed by atoms with Gasteiger partial charge in [0.15, 0.2) is 0 Å². The average Bonchev–Trinajstić information content (AvgIpc) is 3.00. The van der Waals surface area contributed by atoms with Gasteiger partial charge in [0.05, 0.1) is 0 Å². The van der Waals surface area contributed by atoms with Gasteiger partial charge in [0.1, 0.15) is 0 Å². The zero-order chi connectivity index (χ0) is 13.8. The predicted molar refractivity (Wildman–Crippen MR) is 86.0 cm³/mol. The molecule has 2 saturated carbocycles. The molecule has 0 aromatic rings. The first kappa shape index (κ1) is 14.8. The number of rotatable bonds is 4. The number of hydrogen-bond donors (Lipinski definition) is 1. The van der Waals surface area contributed by atoms with E-state index in [9.17, 15) is 0 Å². The summed E-state index contributed by atoms with van der Waals surface area (Å²) >= 11 is 0. The Balaban J connectivity index is 1.45. The van der Waals surface area contributed by atoms with Crippen molar-refractivity contribution in [3.8, 4) is 0 Å². The Labute approximate surface area is 125 Å². The van der Waals surface area contributed by atoms with Crippen LogP contribution in [-0.4, -0.2) is 36.6 Å². The van der Waals surface area contributed by atoms with Crippen LogP contribution in [-0.2, 0) is 0 Å². The van der Waals surface area contributed by atoms with Crippen molar-refractivity contribution in [2.75, 3.05) is 19.6 Å². The summed E-state index contributed by atoms with van der Waals surface area (Å²) in [6, 6.07) is 1.68. The molecule has 0 aromatic carbocycles. The third-order valence-corrected chi connectivity index (χ3v) is 5.95. The van der Waals surface area contributed by atoms with Crippen molar-refractivity contribution < 1.29 is 0 Å². The van der Waals surface area contributed by atoms with Crippen LogP contribution < -0.4 is 5.32 Å². The van der Waals surface area contributed by atoms with Crippen LogP contribution in [0.4, 0.5) is 0 Å². The van der Waals surface area contributed by atoms with Gasteiger partial charge in [0.25, 0.3) is 0 Å². The highest BCUT2D eigenvalue weighted by atomic mass is 15.2. The fourth-order valence-corrected chi connectivity index (χ4v) is 4.83. The molecule has 0 amide bonds. The van der Waals surface area contributed by atoms with E-state index in [1.165, 1.54) is 83.8 Å². The maximum Gasteiger partial charge on any atom is 0.0198 e. The van der Waals surface area contributed by atoms with Gasteiger partial charge in [-0.2, -0.15) is 0 Å². The van der Waals surface area contributed by atoms with Crippen LogP contribution >= 0.6 is 0 Å². The van der Waals surface area contributed by atoms with Crippen molar-refractivity contribution in [3.63, 3.8) is 0 Å². The standard InChI is InChI=1S/C18H34N2/c1-15-11-17(19-12-16-7-3-2-4-8-16)14-20(13-15)18-9-5-6-10-18/h15-19H,2-14H2,1H3. The normalized spacial score (nSPS) is 34.6. The monoisotopic (exact) mass is 278 g/mol. The number of likely N-dealkylation sites (tertiary alicyclic amines) is 1. The molecule has 3 rings (SSSR count). The molecule has 2 unspecified atom stereocenters. The molecule has 0 aromatic heterocycles. The quantitative estimate of drug-likeness (QED) is 0.841. The zero-order valence-electron chi connectivity index (χ0n) is 13.4. The Hall–Kier alpha value is -0.0800. The van der Waals surface area contributed by atoms with E-state index in [1.54, 1.807) is 0 Å². The van der Waals surface area contributed by atoms with Gasteiger partial charge in [0.2, 0.25) is 0 Å². The average molecular weight is 278 g/mol. The molecule has 0 spiro atoms. The van der Waals surface area contributed by atoms with Crippen molar-refractivity contribution in [1.82, 2.24) is 10.2 Å². The van der Waals surface area contributed by atoms with Gasteiger partial charge in [-0.05, 0) is 50.5 Å². The highest BCUT2D eigenvalue weighted by molar-refractivity contribution is 4.88. The number of hydrogen-bond acceptors (Lipinski definition) is 2. The first-order valence-electron chi connectivity index (χ1n) is 9.28. The van der Waals surface area contributed by atoms with Crippen molar-refractivity contribution in [3.05, 3.63) is 0 Å². The maximum atomic E-state index is 3.93. The fourth-order valence-electron chi connectivity index (χ4n) is 4.83. The van der Waals surface area contributed by atoms with Gasteiger partial charge in [-0.1, -0.05) is 39.0 Å². The summed E-state index contributed by atoms with van der Waals surface area (Å²) in [6.45, 7) is 6.42. The molecule has 20 heavy (non-hydrogen) atoms. The third-order valence-electron chi connectivity index (χ3n) is 5.95. The molecule has 1 aliphatic heterocycles. The second kappa shape index (κ2) is 7.26. The Morgan fingerprint density at radius 2 is 1.60 bits per heavy atom. The molecule has 1 saturated heterocycles. The Kier molecular flexibility index (Phi) is 5.39. The minimum absolute atomic E-state index is 0.765. The molecule has 0 radical (unpaired) electrons. The van der Waals surface area contributed by atoms with E-state index in [0.717, 1.165) is 23.9 Å². The molecule has 2 heteroatoms. The summed E-state index contributed by atoms with van der Waals surface area (Å²) in [4.78, 5) is 2.82. The van der Waals surface area contributed by atoms with Crippen LogP contribution in [0.2, 0.25) is 0 Å². The second-order valence-electron chi connectivity index (χ2n) is 7.84. The minimum Gasteiger partial charge on any atom is -0.312 e. The van der Waals surface area contributed by atoms with Crippen LogP contribution in [0.3, 0.4) is 0 Å². The second-order valence-corrected chi connectivity index (χ2v) is 7.84. The summed E-state index contributed by atoms with van der Waals surface area (Å²) in [5, 5.41) is 3.93. The highest BCUT2D eigenvalue weighted by Gasteiger charge is 2.30. The van der Waals surface area contributed by atoms with Crippen molar-refractivity contribution in [2.45, 2.75) is 83.2 Å². The van der Waals surface area contributed by atoms with E-state index in [-0.39, 0.29) is 0 Å². The predicted octanol–water partition coefficient (Wildman–Crippen LogP) is 3.81. The fraction of sp³-hybridized carbons (Fsp3) is 1.00. The van der Waals surface area contributed by atoms with Crippen LogP contribution in [0.1, 0.15) is 71.1 Å². The van der Waals surface area contributed by atoms with Gasteiger partial charge in [-0.3, -0.25) is 4.90 Å². The SMILES string of the molecule is CC1CC(NCC2CCCCC2)CN(C2CCCC2)C1. The molecule has 2 aliphatic carbocycles. The topological polar surface area (TPSA) is 15.3 Å². The molecule has 0 bridgehead atoms. The van der Waals surface area contributed by atoms with Gasteiger partial charge in [-0.15, -0.1) is 0 Å². The lowest BCUT2D eigenvalue weighted by molar-refractivity contribution is 0.103. The maximum absolute atomic E-state index is 3.93. The number of nitrogens with one attached hydrogen (secondary N) is 1. The van der Waals surface area contributed by atoms with E-state index in [0.29, 0.717) is 0 Å². The summed E-state index contributed by atoms with van der Waals surface area (Å²) in [7, 11) is 0. The van der Waals surface area contributed by atoms with Crippen molar-refractivity contribution in [1.29, 1.82) is 0 Å². The van der Waals surface area contributed by atoms with E-state index in [4.69, 9.17) is 0 Å². The van der Waals surface area contributed by atoms with Crippen molar-refractivity contribution in [2.24, 2.45) is 11.8 Å². The largest absolute Gasteiger partial charge is 0.312 e. The highest BCUT2D eigenvalue weighted by Crippen LogP contribution is 2.28. The molecule has 2 atom stereocenters. The van der Waals surface area contributed by atoms with Crippen LogP contribution in [0.5, 0.6) is 0 Å². The lowest BCUT2D eigenvalue weighted by Crippen LogP contribution is -2.52. The first-order valence-corrected chi connectivity index (χ1v) is 9.28. The van der Waals surface area contributed by atoms with Gasteiger partial charge >= 0.3 is 0 Å². The van der Waals surface area contributed by atoms with Crippen LogP contribution in [0, 0.1) is 11.8 Å². The van der Waals surface area contributed by atoms with Gasteiger partial charge in [-0.25, -0.2) is 0 Å². The molecule has 3 fully saturated rings. The lowest BCUT2D eigenvalue weighted by atomic mass is 9.88. The smallest absolute Gasteiger partial charge is 0.0198 e. The Morgan fingerprint density at radius 3 is 2.35 bits per heavy atom. The molecular formula is C18H34N2. The minimum atomic E-state index is 0.765.